The molecule has 3 rings (SSSR count). The van der Waals surface area contributed by atoms with Gasteiger partial charge in [0.05, 0.1) is 17.3 Å². The highest BCUT2D eigenvalue weighted by Crippen LogP contribution is 2.39. The molecule has 0 radical (unpaired) electrons. The molecule has 1 aromatic rings. The van der Waals surface area contributed by atoms with E-state index in [0.29, 0.717) is 23.9 Å². The first kappa shape index (κ1) is 12.8. The Kier molecular flexibility index (Phi) is 3.37. The maximum Gasteiger partial charge on any atom is 0.256 e. The number of hydrogen-bond donors (Lipinski definition) is 0. The van der Waals surface area contributed by atoms with Gasteiger partial charge in [0, 0.05) is 6.61 Å². The first-order valence-electron chi connectivity index (χ1n) is 6.55. The highest BCUT2D eigenvalue weighted by Gasteiger charge is 2.34. The maximum absolute atomic E-state index is 12.5. The zero-order valence-corrected chi connectivity index (χ0v) is 11.5. The zero-order valence-electron chi connectivity index (χ0n) is 10.8. The molecule has 1 fully saturated rings. The molecule has 4 nitrogen and oxygen atoms in total. The van der Waals surface area contributed by atoms with Crippen LogP contribution in [0.2, 0.25) is 5.02 Å². The molecule has 0 bridgehead atoms. The molecule has 0 spiro atoms. The normalized spacial score (nSPS) is 25.9. The van der Waals surface area contributed by atoms with Gasteiger partial charge in [-0.3, -0.25) is 4.79 Å². The number of benzene rings is 1. The van der Waals surface area contributed by atoms with Gasteiger partial charge in [-0.15, -0.1) is 0 Å². The average Bonchev–Trinajstić information content (AvgIpc) is 2.92. The maximum atomic E-state index is 12.5. The standard InChI is InChI=1S/C14H16ClNO3/c1-9-8-16(14(17)12-6-3-7-18-12)11-5-2-4-10(15)13(11)19-9/h2,4-5,9,12H,3,6-8H2,1H3/t9?,12-/m0/s1. The van der Waals surface area contributed by atoms with E-state index in [0.717, 1.165) is 18.5 Å². The molecule has 1 aromatic carbocycles. The van der Waals surface area contributed by atoms with E-state index in [-0.39, 0.29) is 18.1 Å². The zero-order chi connectivity index (χ0) is 13.4. The lowest BCUT2D eigenvalue weighted by molar-refractivity contribution is -0.127. The number of ether oxygens (including phenoxy) is 2. The summed E-state index contributed by atoms with van der Waals surface area (Å²) in [4.78, 5) is 14.3. The van der Waals surface area contributed by atoms with E-state index in [9.17, 15) is 4.79 Å². The predicted molar refractivity (Wildman–Crippen MR) is 72.9 cm³/mol. The van der Waals surface area contributed by atoms with Crippen LogP contribution in [0.5, 0.6) is 5.75 Å². The summed E-state index contributed by atoms with van der Waals surface area (Å²) in [5.41, 5.74) is 0.742. The van der Waals surface area contributed by atoms with E-state index in [1.807, 2.05) is 19.1 Å². The topological polar surface area (TPSA) is 38.8 Å². The third-order valence-electron chi connectivity index (χ3n) is 3.47. The van der Waals surface area contributed by atoms with Crippen molar-refractivity contribution in [1.29, 1.82) is 0 Å². The highest BCUT2D eigenvalue weighted by molar-refractivity contribution is 6.32. The van der Waals surface area contributed by atoms with Gasteiger partial charge in [0.15, 0.2) is 5.75 Å². The van der Waals surface area contributed by atoms with Gasteiger partial charge in [0.2, 0.25) is 0 Å². The Morgan fingerprint density at radius 2 is 2.32 bits per heavy atom. The van der Waals surface area contributed by atoms with Crippen LogP contribution in [0.3, 0.4) is 0 Å². The van der Waals surface area contributed by atoms with Crippen molar-refractivity contribution in [3.63, 3.8) is 0 Å². The first-order valence-corrected chi connectivity index (χ1v) is 6.93. The van der Waals surface area contributed by atoms with Crippen LogP contribution in [0, 0.1) is 0 Å². The van der Waals surface area contributed by atoms with E-state index in [1.165, 1.54) is 0 Å². The Balaban J connectivity index is 1.94. The van der Waals surface area contributed by atoms with Crippen molar-refractivity contribution in [2.45, 2.75) is 32.0 Å². The van der Waals surface area contributed by atoms with Crippen LogP contribution in [0.4, 0.5) is 5.69 Å². The SMILES string of the molecule is CC1CN(C(=O)[C@@H]2CCCO2)c2cccc(Cl)c2O1. The van der Waals surface area contributed by atoms with E-state index in [4.69, 9.17) is 21.1 Å². The lowest BCUT2D eigenvalue weighted by Crippen LogP contribution is -2.46. The molecule has 5 heteroatoms. The monoisotopic (exact) mass is 281 g/mol. The molecule has 1 saturated heterocycles. The number of amides is 1. The first-order chi connectivity index (χ1) is 9.16. The Hall–Kier alpha value is -1.26. The third-order valence-corrected chi connectivity index (χ3v) is 3.76. The molecule has 0 saturated carbocycles. The number of nitrogens with zero attached hydrogens (tertiary/aromatic N) is 1. The molecular formula is C14H16ClNO3. The van der Waals surface area contributed by atoms with E-state index in [2.05, 4.69) is 0 Å². The van der Waals surface area contributed by atoms with Gasteiger partial charge in [-0.05, 0) is 31.9 Å². The lowest BCUT2D eigenvalue weighted by Gasteiger charge is -2.35. The summed E-state index contributed by atoms with van der Waals surface area (Å²) < 4.78 is 11.2. The van der Waals surface area contributed by atoms with Crippen molar-refractivity contribution in [3.05, 3.63) is 23.2 Å². The van der Waals surface area contributed by atoms with Crippen LogP contribution in [-0.4, -0.2) is 31.3 Å². The van der Waals surface area contributed by atoms with Crippen LogP contribution in [0.1, 0.15) is 19.8 Å². The Bertz CT molecular complexity index is 499. The number of anilines is 1. The molecule has 2 aliphatic rings. The minimum atomic E-state index is -0.322. The molecule has 0 N–H and O–H groups in total. The number of hydrogen-bond acceptors (Lipinski definition) is 3. The van der Waals surface area contributed by atoms with Crippen molar-refractivity contribution in [1.82, 2.24) is 0 Å². The van der Waals surface area contributed by atoms with Crippen LogP contribution >= 0.6 is 11.6 Å². The lowest BCUT2D eigenvalue weighted by atomic mass is 10.1. The quantitative estimate of drug-likeness (QED) is 0.794. The summed E-state index contributed by atoms with van der Waals surface area (Å²) >= 11 is 6.14. The fraction of sp³-hybridized carbons (Fsp3) is 0.500. The minimum absolute atomic E-state index is 0.0103. The van der Waals surface area contributed by atoms with E-state index >= 15 is 0 Å². The van der Waals surface area contributed by atoms with Crippen LogP contribution in [-0.2, 0) is 9.53 Å². The van der Waals surface area contributed by atoms with E-state index in [1.54, 1.807) is 11.0 Å². The van der Waals surface area contributed by atoms with Crippen molar-refractivity contribution in [3.8, 4) is 5.75 Å². The van der Waals surface area contributed by atoms with Crippen LogP contribution in [0.25, 0.3) is 0 Å². The summed E-state index contributed by atoms with van der Waals surface area (Å²) in [6.07, 6.45) is 1.34. The highest BCUT2D eigenvalue weighted by atomic mass is 35.5. The van der Waals surface area contributed by atoms with Crippen LogP contribution < -0.4 is 9.64 Å². The number of rotatable bonds is 1. The smallest absolute Gasteiger partial charge is 0.256 e. The number of halogens is 1. The summed E-state index contributed by atoms with van der Waals surface area (Å²) in [5, 5.41) is 0.536. The van der Waals surface area contributed by atoms with Crippen molar-refractivity contribution in [2.24, 2.45) is 0 Å². The van der Waals surface area contributed by atoms with Gasteiger partial charge >= 0.3 is 0 Å². The fourth-order valence-corrected chi connectivity index (χ4v) is 2.79. The Morgan fingerprint density at radius 3 is 3.05 bits per heavy atom. The predicted octanol–water partition coefficient (Wildman–Crippen LogP) is 2.63. The number of carbonyl (C=O) groups excluding carboxylic acids is 1. The van der Waals surface area contributed by atoms with Gasteiger partial charge < -0.3 is 14.4 Å². The largest absolute Gasteiger partial charge is 0.485 e. The molecule has 2 atom stereocenters. The Labute approximate surface area is 117 Å². The molecule has 2 heterocycles. The van der Waals surface area contributed by atoms with Gasteiger partial charge in [-0.2, -0.15) is 0 Å². The molecule has 102 valence electrons. The van der Waals surface area contributed by atoms with Gasteiger partial charge in [0.25, 0.3) is 5.91 Å². The molecule has 1 amide bonds. The summed E-state index contributed by atoms with van der Waals surface area (Å²) in [6, 6.07) is 5.46. The second-order valence-corrected chi connectivity index (χ2v) is 5.37. The summed E-state index contributed by atoms with van der Waals surface area (Å²) in [7, 11) is 0. The fourth-order valence-electron chi connectivity index (χ4n) is 2.58. The summed E-state index contributed by atoms with van der Waals surface area (Å²) in [5.74, 6) is 0.602. The summed E-state index contributed by atoms with van der Waals surface area (Å²) in [6.45, 7) is 3.13. The van der Waals surface area contributed by atoms with Crippen molar-refractivity contribution >= 4 is 23.2 Å². The molecular weight excluding hydrogens is 266 g/mol. The number of para-hydroxylation sites is 1. The van der Waals surface area contributed by atoms with Crippen molar-refractivity contribution < 1.29 is 14.3 Å². The second kappa shape index (κ2) is 5.02. The number of carbonyl (C=O) groups is 1. The molecule has 0 aromatic heterocycles. The van der Waals surface area contributed by atoms with E-state index < -0.39 is 0 Å². The van der Waals surface area contributed by atoms with Gasteiger partial charge in [0.1, 0.15) is 12.2 Å². The minimum Gasteiger partial charge on any atom is -0.485 e. The average molecular weight is 282 g/mol. The number of fused-ring (bicyclic) bond motifs is 1. The van der Waals surface area contributed by atoms with Crippen molar-refractivity contribution in [2.75, 3.05) is 18.1 Å². The molecule has 2 aliphatic heterocycles. The third kappa shape index (κ3) is 2.30. The molecule has 0 aliphatic carbocycles. The van der Waals surface area contributed by atoms with Gasteiger partial charge in [-0.1, -0.05) is 17.7 Å². The van der Waals surface area contributed by atoms with Crippen LogP contribution in [0.15, 0.2) is 18.2 Å². The molecule has 19 heavy (non-hydrogen) atoms. The van der Waals surface area contributed by atoms with Gasteiger partial charge in [-0.25, -0.2) is 0 Å². The second-order valence-electron chi connectivity index (χ2n) is 4.97. The molecule has 1 unspecified atom stereocenters. The Morgan fingerprint density at radius 1 is 1.47 bits per heavy atom.